The van der Waals surface area contributed by atoms with Gasteiger partial charge >= 0.3 is 6.09 Å². The van der Waals surface area contributed by atoms with Crippen LogP contribution < -0.4 is 4.90 Å². The van der Waals surface area contributed by atoms with E-state index in [9.17, 15) is 4.79 Å². The molecule has 1 unspecified atom stereocenters. The number of aromatic nitrogens is 1. The minimum Gasteiger partial charge on any atom is -0.443 e. The number of carbonyl (C=O) groups excluding carboxylic acids is 1. The van der Waals surface area contributed by atoms with E-state index in [1.54, 1.807) is 4.90 Å². The number of pyridine rings is 1. The molecule has 0 N–H and O–H groups in total. The van der Waals surface area contributed by atoms with Gasteiger partial charge in [-0.05, 0) is 71.2 Å². The quantitative estimate of drug-likeness (QED) is 0.626. The molecule has 1 aromatic heterocycles. The standard InChI is InChI=1S/C22H37N3O2/c1-6-8-16-25(21(26)27-22(3,4)5)20-13-12-18(17-23-20)19-11-9-10-15-24(19)14-7-2/h12-13,17,19H,6-11,14-16H2,1-5H3. The fourth-order valence-corrected chi connectivity index (χ4v) is 3.61. The van der Waals surface area contributed by atoms with E-state index in [1.165, 1.54) is 37.8 Å². The van der Waals surface area contributed by atoms with Crippen LogP contribution in [0.4, 0.5) is 10.6 Å². The van der Waals surface area contributed by atoms with Crippen LogP contribution in [-0.4, -0.2) is 41.2 Å². The Morgan fingerprint density at radius 1 is 1.26 bits per heavy atom. The maximum Gasteiger partial charge on any atom is 0.416 e. The summed E-state index contributed by atoms with van der Waals surface area (Å²) in [6, 6.07) is 4.57. The summed E-state index contributed by atoms with van der Waals surface area (Å²) in [5, 5.41) is 0. The van der Waals surface area contributed by atoms with Crippen LogP contribution in [0.2, 0.25) is 0 Å². The van der Waals surface area contributed by atoms with Crippen molar-refractivity contribution in [2.75, 3.05) is 24.5 Å². The second-order valence-electron chi connectivity index (χ2n) is 8.48. The highest BCUT2D eigenvalue weighted by Crippen LogP contribution is 2.31. The highest BCUT2D eigenvalue weighted by Gasteiger charge is 2.26. The molecule has 0 saturated carbocycles. The average molecular weight is 376 g/mol. The molecule has 5 nitrogen and oxygen atoms in total. The van der Waals surface area contributed by atoms with Gasteiger partial charge in [0.25, 0.3) is 0 Å². The van der Waals surface area contributed by atoms with Crippen molar-refractivity contribution in [3.05, 3.63) is 23.9 Å². The fraction of sp³-hybridized carbons (Fsp3) is 0.727. The number of likely N-dealkylation sites (tertiary alicyclic amines) is 1. The van der Waals surface area contributed by atoms with Crippen molar-refractivity contribution in [1.29, 1.82) is 0 Å². The number of rotatable bonds is 7. The molecule has 0 spiro atoms. The van der Waals surface area contributed by atoms with Gasteiger partial charge in [-0.15, -0.1) is 0 Å². The third-order valence-corrected chi connectivity index (χ3v) is 4.91. The van der Waals surface area contributed by atoms with Crippen molar-refractivity contribution in [3.8, 4) is 0 Å². The molecule has 152 valence electrons. The van der Waals surface area contributed by atoms with E-state index >= 15 is 0 Å². The van der Waals surface area contributed by atoms with Crippen LogP contribution in [0.3, 0.4) is 0 Å². The minimum absolute atomic E-state index is 0.318. The zero-order valence-electron chi connectivity index (χ0n) is 17.8. The molecular weight excluding hydrogens is 338 g/mol. The van der Waals surface area contributed by atoms with Crippen LogP contribution in [0.25, 0.3) is 0 Å². The first-order valence-electron chi connectivity index (χ1n) is 10.6. The van der Waals surface area contributed by atoms with E-state index in [2.05, 4.69) is 29.8 Å². The van der Waals surface area contributed by atoms with E-state index < -0.39 is 5.60 Å². The SMILES string of the molecule is CCCCN(C(=O)OC(C)(C)C)c1ccc(C2CCCCN2CCC)cn1. The molecule has 0 bridgehead atoms. The van der Waals surface area contributed by atoms with Gasteiger partial charge in [0.2, 0.25) is 0 Å². The molecule has 1 aliphatic heterocycles. The van der Waals surface area contributed by atoms with E-state index in [0.29, 0.717) is 18.4 Å². The lowest BCUT2D eigenvalue weighted by molar-refractivity contribution is 0.0578. The van der Waals surface area contributed by atoms with Crippen molar-refractivity contribution in [1.82, 2.24) is 9.88 Å². The Balaban J connectivity index is 2.16. The lowest BCUT2D eigenvalue weighted by Gasteiger charge is -2.35. The van der Waals surface area contributed by atoms with E-state index in [-0.39, 0.29) is 6.09 Å². The van der Waals surface area contributed by atoms with Crippen molar-refractivity contribution >= 4 is 11.9 Å². The molecule has 27 heavy (non-hydrogen) atoms. The van der Waals surface area contributed by atoms with Gasteiger partial charge in [-0.2, -0.15) is 0 Å². The van der Waals surface area contributed by atoms with Gasteiger partial charge in [0.05, 0.1) is 0 Å². The Hall–Kier alpha value is -1.62. The molecule has 2 heterocycles. The first kappa shape index (κ1) is 21.7. The van der Waals surface area contributed by atoms with Crippen LogP contribution >= 0.6 is 0 Å². The Morgan fingerprint density at radius 2 is 2.04 bits per heavy atom. The minimum atomic E-state index is -0.510. The molecule has 1 aliphatic rings. The van der Waals surface area contributed by atoms with E-state index in [0.717, 1.165) is 19.4 Å². The predicted octanol–water partition coefficient (Wildman–Crippen LogP) is 5.56. The Kier molecular flexibility index (Phi) is 8.08. The first-order chi connectivity index (χ1) is 12.9. The summed E-state index contributed by atoms with van der Waals surface area (Å²) < 4.78 is 5.59. The van der Waals surface area contributed by atoms with E-state index in [4.69, 9.17) is 4.74 Å². The lowest BCUT2D eigenvalue weighted by Crippen LogP contribution is -2.38. The van der Waals surface area contributed by atoms with Gasteiger partial charge in [0.1, 0.15) is 11.4 Å². The molecule has 1 atom stereocenters. The van der Waals surface area contributed by atoms with Crippen LogP contribution in [0.5, 0.6) is 0 Å². The van der Waals surface area contributed by atoms with Crippen LogP contribution in [0.15, 0.2) is 18.3 Å². The van der Waals surface area contributed by atoms with Crippen molar-refractivity contribution in [2.45, 2.75) is 84.8 Å². The number of ether oxygens (including phenoxy) is 1. The molecule has 0 aromatic carbocycles. The highest BCUT2D eigenvalue weighted by molar-refractivity contribution is 5.86. The number of amides is 1. The zero-order valence-corrected chi connectivity index (χ0v) is 17.8. The van der Waals surface area contributed by atoms with Gasteiger partial charge in [0, 0.05) is 18.8 Å². The molecule has 1 aromatic rings. The molecular formula is C22H37N3O2. The summed E-state index contributed by atoms with van der Waals surface area (Å²) in [6.07, 6.45) is 8.50. The van der Waals surface area contributed by atoms with Gasteiger partial charge in [-0.3, -0.25) is 9.80 Å². The summed E-state index contributed by atoms with van der Waals surface area (Å²) in [5.41, 5.74) is 0.746. The number of carbonyl (C=O) groups is 1. The van der Waals surface area contributed by atoms with Gasteiger partial charge in [-0.1, -0.05) is 32.8 Å². The maximum absolute atomic E-state index is 12.6. The topological polar surface area (TPSA) is 45.7 Å². The zero-order chi connectivity index (χ0) is 19.9. The average Bonchev–Trinajstić information content (AvgIpc) is 2.62. The Morgan fingerprint density at radius 3 is 2.63 bits per heavy atom. The molecule has 1 saturated heterocycles. The van der Waals surface area contributed by atoms with Crippen LogP contribution in [0, 0.1) is 0 Å². The van der Waals surface area contributed by atoms with Gasteiger partial charge in [-0.25, -0.2) is 9.78 Å². The largest absolute Gasteiger partial charge is 0.443 e. The van der Waals surface area contributed by atoms with E-state index in [1.807, 2.05) is 33.0 Å². The summed E-state index contributed by atoms with van der Waals surface area (Å²) >= 11 is 0. The number of nitrogens with zero attached hydrogens (tertiary/aromatic N) is 3. The molecule has 1 fully saturated rings. The highest BCUT2D eigenvalue weighted by atomic mass is 16.6. The smallest absolute Gasteiger partial charge is 0.416 e. The van der Waals surface area contributed by atoms with Crippen molar-refractivity contribution in [3.63, 3.8) is 0 Å². The van der Waals surface area contributed by atoms with Crippen LogP contribution in [-0.2, 0) is 4.74 Å². The summed E-state index contributed by atoms with van der Waals surface area (Å²) in [5.74, 6) is 0.680. The maximum atomic E-state index is 12.6. The molecule has 0 aliphatic carbocycles. The normalized spacial score (nSPS) is 18.3. The van der Waals surface area contributed by atoms with Crippen LogP contribution in [0.1, 0.15) is 84.7 Å². The fourth-order valence-electron chi connectivity index (χ4n) is 3.61. The lowest BCUT2D eigenvalue weighted by atomic mass is 9.96. The third kappa shape index (κ3) is 6.49. The third-order valence-electron chi connectivity index (χ3n) is 4.91. The number of anilines is 1. The monoisotopic (exact) mass is 375 g/mol. The first-order valence-corrected chi connectivity index (χ1v) is 10.6. The van der Waals surface area contributed by atoms with Gasteiger partial charge < -0.3 is 4.74 Å². The number of hydrogen-bond donors (Lipinski definition) is 0. The molecule has 1 amide bonds. The van der Waals surface area contributed by atoms with Crippen molar-refractivity contribution in [2.24, 2.45) is 0 Å². The number of piperidine rings is 1. The second kappa shape index (κ2) is 10.1. The number of hydrogen-bond acceptors (Lipinski definition) is 4. The summed E-state index contributed by atoms with van der Waals surface area (Å²) in [6.45, 7) is 13.0. The number of unbranched alkanes of at least 4 members (excludes halogenated alkanes) is 1. The Bertz CT molecular complexity index is 578. The molecule has 2 rings (SSSR count). The van der Waals surface area contributed by atoms with Crippen molar-refractivity contribution < 1.29 is 9.53 Å². The Labute approximate surface area is 165 Å². The summed E-state index contributed by atoms with van der Waals surface area (Å²) in [7, 11) is 0. The summed E-state index contributed by atoms with van der Waals surface area (Å²) in [4.78, 5) is 21.5. The van der Waals surface area contributed by atoms with Gasteiger partial charge in [0.15, 0.2) is 0 Å². The predicted molar refractivity (Wildman–Crippen MR) is 111 cm³/mol. The molecule has 0 radical (unpaired) electrons. The second-order valence-corrected chi connectivity index (χ2v) is 8.48. The molecule has 5 heteroatoms.